The van der Waals surface area contributed by atoms with Gasteiger partial charge >= 0.3 is 0 Å². The van der Waals surface area contributed by atoms with E-state index in [-0.39, 0.29) is 12.6 Å². The second kappa shape index (κ2) is 7.92. The van der Waals surface area contributed by atoms with Crippen LogP contribution in [0.2, 0.25) is 0 Å². The molecule has 1 heterocycles. The normalized spacial score (nSPS) is 12.2. The Morgan fingerprint density at radius 2 is 1.77 bits per heavy atom. The summed E-state index contributed by atoms with van der Waals surface area (Å²) in [7, 11) is 3.95. The summed E-state index contributed by atoms with van der Waals surface area (Å²) in [4.78, 5) is 6.38. The average Bonchev–Trinajstić information content (AvgIpc) is 2.56. The topological polar surface area (TPSA) is 48.4 Å². The van der Waals surface area contributed by atoms with Crippen molar-refractivity contribution >= 4 is 5.82 Å². The van der Waals surface area contributed by atoms with E-state index >= 15 is 0 Å². The van der Waals surface area contributed by atoms with Crippen LogP contribution in [0, 0.1) is 0 Å². The number of aliphatic hydroxyl groups is 1. The number of rotatable bonds is 7. The van der Waals surface area contributed by atoms with Crippen LogP contribution >= 0.6 is 0 Å². The Balaban J connectivity index is 1.97. The molecule has 0 amide bonds. The van der Waals surface area contributed by atoms with Crippen molar-refractivity contribution in [1.29, 1.82) is 0 Å². The maximum Gasteiger partial charge on any atom is 0.127 e. The van der Waals surface area contributed by atoms with Crippen molar-refractivity contribution in [2.75, 3.05) is 25.6 Å². The minimum absolute atomic E-state index is 0.0561. The number of benzene rings is 1. The van der Waals surface area contributed by atoms with E-state index in [0.29, 0.717) is 6.54 Å². The van der Waals surface area contributed by atoms with Crippen LogP contribution in [0.1, 0.15) is 29.7 Å². The van der Waals surface area contributed by atoms with Crippen LogP contribution in [0.3, 0.4) is 0 Å². The minimum atomic E-state index is -0.0561. The number of nitrogens with zero attached hydrogens (tertiary/aromatic N) is 2. The van der Waals surface area contributed by atoms with Crippen LogP contribution in [0.4, 0.5) is 5.82 Å². The highest BCUT2D eigenvalue weighted by atomic mass is 16.3. The molecule has 0 bridgehead atoms. The van der Waals surface area contributed by atoms with Gasteiger partial charge in [0.15, 0.2) is 0 Å². The summed E-state index contributed by atoms with van der Waals surface area (Å²) in [5, 5.41) is 13.0. The smallest absolute Gasteiger partial charge is 0.127 e. The molecule has 0 fully saturated rings. The molecule has 22 heavy (non-hydrogen) atoms. The van der Waals surface area contributed by atoms with Crippen LogP contribution in [-0.4, -0.2) is 30.8 Å². The lowest BCUT2D eigenvalue weighted by atomic mass is 10.0. The molecule has 0 aliphatic rings. The van der Waals surface area contributed by atoms with Crippen molar-refractivity contribution in [3.8, 4) is 0 Å². The Kier molecular flexibility index (Phi) is 5.92. The van der Waals surface area contributed by atoms with Crippen molar-refractivity contribution in [3.63, 3.8) is 0 Å². The third kappa shape index (κ3) is 4.29. The van der Waals surface area contributed by atoms with E-state index in [4.69, 9.17) is 0 Å². The first kappa shape index (κ1) is 16.5. The Morgan fingerprint density at radius 3 is 2.27 bits per heavy atom. The molecule has 0 spiro atoms. The highest BCUT2D eigenvalue weighted by Crippen LogP contribution is 2.15. The predicted molar refractivity (Wildman–Crippen MR) is 91.1 cm³/mol. The first-order valence-corrected chi connectivity index (χ1v) is 7.69. The number of aryl methyl sites for hydroxylation is 1. The zero-order valence-electron chi connectivity index (χ0n) is 13.6. The molecule has 0 saturated heterocycles. The average molecular weight is 299 g/mol. The fourth-order valence-electron chi connectivity index (χ4n) is 2.30. The first-order valence-electron chi connectivity index (χ1n) is 7.69. The molecular formula is C18H25N3O. The van der Waals surface area contributed by atoms with E-state index in [1.54, 1.807) is 0 Å². The summed E-state index contributed by atoms with van der Waals surface area (Å²) in [6, 6.07) is 12.4. The van der Waals surface area contributed by atoms with Crippen LogP contribution in [0.5, 0.6) is 0 Å². The van der Waals surface area contributed by atoms with Gasteiger partial charge in [-0.25, -0.2) is 4.98 Å². The maximum atomic E-state index is 9.62. The van der Waals surface area contributed by atoms with Gasteiger partial charge in [-0.2, -0.15) is 0 Å². The molecule has 0 aliphatic heterocycles. The second-order valence-corrected chi connectivity index (χ2v) is 5.63. The Labute approximate surface area is 132 Å². The standard InChI is InChI=1S/C18H25N3O/c1-4-14-5-8-16(9-6-14)17(13-22)19-11-15-7-10-18(20-12-15)21(2)3/h5-10,12,17,19,22H,4,11,13H2,1-3H3. The molecule has 1 aromatic heterocycles. The highest BCUT2D eigenvalue weighted by molar-refractivity contribution is 5.37. The largest absolute Gasteiger partial charge is 0.394 e. The SMILES string of the molecule is CCc1ccc(C(CO)NCc2ccc(N(C)C)nc2)cc1. The van der Waals surface area contributed by atoms with Gasteiger partial charge in [-0.1, -0.05) is 37.3 Å². The summed E-state index contributed by atoms with van der Waals surface area (Å²) >= 11 is 0. The molecule has 1 atom stereocenters. The molecule has 0 aliphatic carbocycles. The molecule has 4 heteroatoms. The molecule has 118 valence electrons. The zero-order chi connectivity index (χ0) is 15.9. The quantitative estimate of drug-likeness (QED) is 0.825. The van der Waals surface area contributed by atoms with Gasteiger partial charge in [0.2, 0.25) is 0 Å². The first-order chi connectivity index (χ1) is 10.6. The number of hydrogen-bond acceptors (Lipinski definition) is 4. The van der Waals surface area contributed by atoms with Gasteiger partial charge in [-0.05, 0) is 29.2 Å². The predicted octanol–water partition coefficient (Wildman–Crippen LogP) is 2.53. The minimum Gasteiger partial charge on any atom is -0.394 e. The van der Waals surface area contributed by atoms with Gasteiger partial charge in [0, 0.05) is 26.8 Å². The van der Waals surface area contributed by atoms with Crippen molar-refractivity contribution in [1.82, 2.24) is 10.3 Å². The summed E-state index contributed by atoms with van der Waals surface area (Å²) in [5.74, 6) is 0.942. The fraction of sp³-hybridized carbons (Fsp3) is 0.389. The molecule has 0 radical (unpaired) electrons. The lowest BCUT2D eigenvalue weighted by Gasteiger charge is -2.17. The number of nitrogens with one attached hydrogen (secondary N) is 1. The lowest BCUT2D eigenvalue weighted by molar-refractivity contribution is 0.243. The summed E-state index contributed by atoms with van der Waals surface area (Å²) in [6.07, 6.45) is 2.90. The van der Waals surface area contributed by atoms with Crippen molar-refractivity contribution in [2.45, 2.75) is 25.9 Å². The number of pyridine rings is 1. The fourth-order valence-corrected chi connectivity index (χ4v) is 2.30. The van der Waals surface area contributed by atoms with Crippen LogP contribution < -0.4 is 10.2 Å². The third-order valence-electron chi connectivity index (χ3n) is 3.79. The zero-order valence-corrected chi connectivity index (χ0v) is 13.6. The van der Waals surface area contributed by atoms with E-state index in [2.05, 4.69) is 47.6 Å². The molecule has 4 nitrogen and oxygen atoms in total. The van der Waals surface area contributed by atoms with E-state index in [1.165, 1.54) is 5.56 Å². The summed E-state index contributed by atoms with van der Waals surface area (Å²) in [6.45, 7) is 2.90. The Morgan fingerprint density at radius 1 is 1.09 bits per heavy atom. The molecule has 1 unspecified atom stereocenters. The molecule has 2 rings (SSSR count). The van der Waals surface area contributed by atoms with Crippen LogP contribution in [0.15, 0.2) is 42.6 Å². The highest BCUT2D eigenvalue weighted by Gasteiger charge is 2.09. The number of aromatic nitrogens is 1. The molecular weight excluding hydrogens is 274 g/mol. The number of aliphatic hydroxyl groups excluding tert-OH is 1. The number of anilines is 1. The number of hydrogen-bond donors (Lipinski definition) is 2. The van der Waals surface area contributed by atoms with Gasteiger partial charge < -0.3 is 15.3 Å². The van der Waals surface area contributed by atoms with Gasteiger partial charge in [0.05, 0.1) is 12.6 Å². The van der Waals surface area contributed by atoms with Crippen molar-refractivity contribution < 1.29 is 5.11 Å². The van der Waals surface area contributed by atoms with Crippen LogP contribution in [-0.2, 0) is 13.0 Å². The van der Waals surface area contributed by atoms with E-state index < -0.39 is 0 Å². The van der Waals surface area contributed by atoms with E-state index in [1.807, 2.05) is 31.3 Å². The van der Waals surface area contributed by atoms with Gasteiger partial charge in [0.1, 0.15) is 5.82 Å². The van der Waals surface area contributed by atoms with Crippen molar-refractivity contribution in [2.24, 2.45) is 0 Å². The molecule has 2 aromatic rings. The summed E-state index contributed by atoms with van der Waals surface area (Å²) < 4.78 is 0. The van der Waals surface area contributed by atoms with Gasteiger partial charge in [0.25, 0.3) is 0 Å². The third-order valence-corrected chi connectivity index (χ3v) is 3.79. The molecule has 0 saturated carbocycles. The summed E-state index contributed by atoms with van der Waals surface area (Å²) in [5.41, 5.74) is 3.52. The second-order valence-electron chi connectivity index (χ2n) is 5.63. The molecule has 1 aromatic carbocycles. The van der Waals surface area contributed by atoms with E-state index in [0.717, 1.165) is 23.4 Å². The monoisotopic (exact) mass is 299 g/mol. The Bertz CT molecular complexity index is 564. The molecule has 2 N–H and O–H groups in total. The van der Waals surface area contributed by atoms with Crippen molar-refractivity contribution in [3.05, 3.63) is 59.3 Å². The van der Waals surface area contributed by atoms with Gasteiger partial charge in [-0.3, -0.25) is 0 Å². The van der Waals surface area contributed by atoms with Crippen LogP contribution in [0.25, 0.3) is 0 Å². The van der Waals surface area contributed by atoms with E-state index in [9.17, 15) is 5.11 Å². The van der Waals surface area contributed by atoms with Gasteiger partial charge in [-0.15, -0.1) is 0 Å². The Hall–Kier alpha value is -1.91. The maximum absolute atomic E-state index is 9.62. The lowest BCUT2D eigenvalue weighted by Crippen LogP contribution is -2.24.